The summed E-state index contributed by atoms with van der Waals surface area (Å²) in [6.07, 6.45) is 5.21. The van der Waals surface area contributed by atoms with Crippen molar-refractivity contribution in [3.63, 3.8) is 0 Å². The highest BCUT2D eigenvalue weighted by atomic mass is 79.9. The highest BCUT2D eigenvalue weighted by Crippen LogP contribution is 2.35. The smallest absolute Gasteiger partial charge is 0.294 e. The second-order valence-electron chi connectivity index (χ2n) is 8.07. The van der Waals surface area contributed by atoms with E-state index in [1.165, 1.54) is 0 Å². The van der Waals surface area contributed by atoms with Gasteiger partial charge in [-0.3, -0.25) is 9.59 Å². The molecule has 2 amide bonds. The monoisotopic (exact) mass is 484 g/mol. The highest BCUT2D eigenvalue weighted by Gasteiger charge is 2.30. The molecule has 3 aromatic rings. The molecular formula is C23H25BrN4O3. The number of halogens is 1. The van der Waals surface area contributed by atoms with Crippen LogP contribution in [0.5, 0.6) is 0 Å². The lowest BCUT2D eigenvalue weighted by atomic mass is 9.85. The summed E-state index contributed by atoms with van der Waals surface area (Å²) in [7, 11) is 4.15. The van der Waals surface area contributed by atoms with Crippen LogP contribution in [0, 0.1) is 5.92 Å². The van der Waals surface area contributed by atoms with Crippen LogP contribution >= 0.6 is 15.9 Å². The topological polar surface area (TPSA) is 87.5 Å². The van der Waals surface area contributed by atoms with Gasteiger partial charge in [0.05, 0.1) is 0 Å². The first kappa shape index (κ1) is 21.5. The Morgan fingerprint density at radius 1 is 1.10 bits per heavy atom. The molecule has 4 rings (SSSR count). The lowest BCUT2D eigenvalue weighted by molar-refractivity contribution is -0.121. The molecule has 1 fully saturated rings. The van der Waals surface area contributed by atoms with Gasteiger partial charge in [0.1, 0.15) is 17.1 Å². The standard InChI is InChI=1S/C23H25BrN4O3/c1-28(2)16-9-6-14(7-10-16)22(29)27-20-17-13-15(24)8-11-18(17)31-21(20)23(30)26-19-5-3-4-12-25-19/h3-5,8,11-14,16H,6-7,9-10H2,1-2H3,(H,27,29)(H,25,26,30). The first-order valence-corrected chi connectivity index (χ1v) is 11.1. The van der Waals surface area contributed by atoms with Gasteiger partial charge in [-0.1, -0.05) is 22.0 Å². The third-order valence-electron chi connectivity index (χ3n) is 5.81. The number of hydrogen-bond acceptors (Lipinski definition) is 5. The second kappa shape index (κ2) is 9.20. The molecule has 8 heteroatoms. The van der Waals surface area contributed by atoms with Crippen molar-refractivity contribution in [2.75, 3.05) is 24.7 Å². The molecule has 0 unspecified atom stereocenters. The van der Waals surface area contributed by atoms with Crippen LogP contribution in [0.25, 0.3) is 11.0 Å². The molecule has 31 heavy (non-hydrogen) atoms. The lowest BCUT2D eigenvalue weighted by Crippen LogP contribution is -2.35. The molecule has 0 bridgehead atoms. The minimum absolute atomic E-state index is 0.0640. The average Bonchev–Trinajstić information content (AvgIpc) is 3.12. The van der Waals surface area contributed by atoms with Gasteiger partial charge in [0.15, 0.2) is 0 Å². The van der Waals surface area contributed by atoms with Crippen LogP contribution in [0.15, 0.2) is 51.5 Å². The van der Waals surface area contributed by atoms with Crippen molar-refractivity contribution in [2.45, 2.75) is 31.7 Å². The number of benzene rings is 1. The van der Waals surface area contributed by atoms with Gasteiger partial charge in [0, 0.05) is 28.0 Å². The van der Waals surface area contributed by atoms with Gasteiger partial charge in [-0.2, -0.15) is 0 Å². The number of carbonyl (C=O) groups excluding carboxylic acids is 2. The third-order valence-corrected chi connectivity index (χ3v) is 6.30. The van der Waals surface area contributed by atoms with Crippen molar-refractivity contribution in [3.05, 3.63) is 52.8 Å². The van der Waals surface area contributed by atoms with Crippen molar-refractivity contribution in [1.29, 1.82) is 0 Å². The summed E-state index contributed by atoms with van der Waals surface area (Å²) in [5, 5.41) is 6.40. The van der Waals surface area contributed by atoms with E-state index in [0.29, 0.717) is 28.5 Å². The molecule has 1 aliphatic carbocycles. The zero-order valence-electron chi connectivity index (χ0n) is 17.5. The maximum Gasteiger partial charge on any atom is 0.294 e. The van der Waals surface area contributed by atoms with Crippen LogP contribution in [-0.4, -0.2) is 41.8 Å². The van der Waals surface area contributed by atoms with Crippen LogP contribution in [-0.2, 0) is 4.79 Å². The molecule has 162 valence electrons. The molecule has 2 aromatic heterocycles. The summed E-state index contributed by atoms with van der Waals surface area (Å²) in [5.41, 5.74) is 0.922. The Balaban J connectivity index is 1.59. The zero-order valence-corrected chi connectivity index (χ0v) is 19.1. The van der Waals surface area contributed by atoms with Gasteiger partial charge >= 0.3 is 0 Å². The maximum absolute atomic E-state index is 13.1. The molecule has 0 aliphatic heterocycles. The Kier molecular flexibility index (Phi) is 6.38. The summed E-state index contributed by atoms with van der Waals surface area (Å²) >= 11 is 3.46. The number of pyridine rings is 1. The van der Waals surface area contributed by atoms with Gasteiger partial charge < -0.3 is 20.0 Å². The van der Waals surface area contributed by atoms with Crippen molar-refractivity contribution >= 4 is 50.2 Å². The third kappa shape index (κ3) is 4.80. The molecule has 0 saturated heterocycles. The van der Waals surface area contributed by atoms with E-state index < -0.39 is 5.91 Å². The van der Waals surface area contributed by atoms with E-state index >= 15 is 0 Å². The van der Waals surface area contributed by atoms with Crippen molar-refractivity contribution in [3.8, 4) is 0 Å². The van der Waals surface area contributed by atoms with Crippen LogP contribution in [0.3, 0.4) is 0 Å². The molecule has 1 saturated carbocycles. The van der Waals surface area contributed by atoms with E-state index in [2.05, 4.69) is 50.5 Å². The number of nitrogens with one attached hydrogen (secondary N) is 2. The van der Waals surface area contributed by atoms with Crippen molar-refractivity contribution in [1.82, 2.24) is 9.88 Å². The number of nitrogens with zero attached hydrogens (tertiary/aromatic N) is 2. The summed E-state index contributed by atoms with van der Waals surface area (Å²) in [6.45, 7) is 0. The highest BCUT2D eigenvalue weighted by molar-refractivity contribution is 9.10. The number of rotatable bonds is 5. The van der Waals surface area contributed by atoms with Crippen molar-refractivity contribution < 1.29 is 14.0 Å². The molecule has 2 heterocycles. The lowest BCUT2D eigenvalue weighted by Gasteiger charge is -2.31. The SMILES string of the molecule is CN(C)C1CCC(C(=O)Nc2c(C(=O)Nc3ccccn3)oc3ccc(Br)cc23)CC1. The van der Waals surface area contributed by atoms with Crippen LogP contribution in [0.4, 0.5) is 11.5 Å². The summed E-state index contributed by atoms with van der Waals surface area (Å²) in [5.74, 6) is -0.146. The molecule has 1 aromatic carbocycles. The number of anilines is 2. The van der Waals surface area contributed by atoms with Gasteiger partial charge in [0.25, 0.3) is 5.91 Å². The fourth-order valence-corrected chi connectivity index (χ4v) is 4.40. The number of hydrogen-bond donors (Lipinski definition) is 2. The van der Waals surface area contributed by atoms with E-state index in [1.54, 1.807) is 30.5 Å². The van der Waals surface area contributed by atoms with E-state index in [4.69, 9.17) is 4.42 Å². The van der Waals surface area contributed by atoms with Gasteiger partial charge in [-0.25, -0.2) is 4.98 Å². The second-order valence-corrected chi connectivity index (χ2v) is 8.99. The predicted octanol–water partition coefficient (Wildman–Crippen LogP) is 4.90. The van der Waals surface area contributed by atoms with Gasteiger partial charge in [-0.05, 0) is 70.1 Å². The summed E-state index contributed by atoms with van der Waals surface area (Å²) in [6, 6.07) is 11.2. The van der Waals surface area contributed by atoms with Crippen LogP contribution in [0.1, 0.15) is 36.2 Å². The molecule has 0 radical (unpaired) electrons. The largest absolute Gasteiger partial charge is 0.449 e. The quantitative estimate of drug-likeness (QED) is 0.537. The normalized spacial score (nSPS) is 18.8. The fraction of sp³-hybridized carbons (Fsp3) is 0.348. The predicted molar refractivity (Wildman–Crippen MR) is 124 cm³/mol. The first-order valence-electron chi connectivity index (χ1n) is 10.3. The molecule has 0 atom stereocenters. The number of amides is 2. The summed E-state index contributed by atoms with van der Waals surface area (Å²) < 4.78 is 6.68. The molecule has 0 spiro atoms. The molecule has 1 aliphatic rings. The Morgan fingerprint density at radius 2 is 1.87 bits per heavy atom. The van der Waals surface area contributed by atoms with Crippen LogP contribution in [0.2, 0.25) is 0 Å². The van der Waals surface area contributed by atoms with E-state index in [9.17, 15) is 9.59 Å². The molecule has 2 N–H and O–H groups in total. The van der Waals surface area contributed by atoms with E-state index in [0.717, 1.165) is 30.2 Å². The Labute approximate surface area is 189 Å². The minimum atomic E-state index is -0.461. The Bertz CT molecular complexity index is 1090. The van der Waals surface area contributed by atoms with Crippen molar-refractivity contribution in [2.24, 2.45) is 5.92 Å². The summed E-state index contributed by atoms with van der Waals surface area (Å²) in [4.78, 5) is 32.4. The Hall–Kier alpha value is -2.71. The van der Waals surface area contributed by atoms with Crippen LogP contribution < -0.4 is 10.6 Å². The maximum atomic E-state index is 13.1. The average molecular weight is 485 g/mol. The van der Waals surface area contributed by atoms with E-state index in [-0.39, 0.29) is 17.6 Å². The number of aromatic nitrogens is 1. The molecular weight excluding hydrogens is 460 g/mol. The fourth-order valence-electron chi connectivity index (χ4n) is 4.04. The molecule has 7 nitrogen and oxygen atoms in total. The first-order chi connectivity index (χ1) is 14.9. The zero-order chi connectivity index (χ0) is 22.0. The van der Waals surface area contributed by atoms with Gasteiger partial charge in [0.2, 0.25) is 11.7 Å². The van der Waals surface area contributed by atoms with Gasteiger partial charge in [-0.15, -0.1) is 0 Å². The number of carbonyl (C=O) groups is 2. The van der Waals surface area contributed by atoms with E-state index in [1.807, 2.05) is 12.1 Å². The Morgan fingerprint density at radius 3 is 2.55 bits per heavy atom. The number of furan rings is 1. The minimum Gasteiger partial charge on any atom is -0.449 e. The number of fused-ring (bicyclic) bond motifs is 1.